The summed E-state index contributed by atoms with van der Waals surface area (Å²) in [6.07, 6.45) is 0. The Morgan fingerprint density at radius 3 is 1.79 bits per heavy atom. The number of benzene rings is 1. The summed E-state index contributed by atoms with van der Waals surface area (Å²) in [5.41, 5.74) is 1.39. The Bertz CT molecular complexity index is 670. The molecule has 1 aromatic rings. The molecule has 0 fully saturated rings. The quantitative estimate of drug-likeness (QED) is 0.862. The number of nitrogens with one attached hydrogen (secondary N) is 1. The molecule has 0 aliphatic carbocycles. The van der Waals surface area contributed by atoms with E-state index in [4.69, 9.17) is 10.7 Å². The zero-order valence-electron chi connectivity index (χ0n) is 11.1. The van der Waals surface area contributed by atoms with Gasteiger partial charge in [0.25, 0.3) is 9.05 Å². The predicted molar refractivity (Wildman–Crippen MR) is 76.6 cm³/mol. The highest BCUT2D eigenvalue weighted by atomic mass is 35.7. The van der Waals surface area contributed by atoms with Gasteiger partial charge in [-0.2, -0.15) is 0 Å². The van der Waals surface area contributed by atoms with Gasteiger partial charge in [0.15, 0.2) is 0 Å². The Hall–Kier alpha value is -0.790. The van der Waals surface area contributed by atoms with Crippen molar-refractivity contribution in [3.8, 4) is 0 Å². The third-order valence-corrected chi connectivity index (χ3v) is 5.72. The topological polar surface area (TPSA) is 80.3 Å². The van der Waals surface area contributed by atoms with E-state index in [9.17, 15) is 16.8 Å². The second-order valence-electron chi connectivity index (χ2n) is 4.57. The van der Waals surface area contributed by atoms with Gasteiger partial charge in [-0.1, -0.05) is 0 Å². The van der Waals surface area contributed by atoms with Crippen molar-refractivity contribution in [3.63, 3.8) is 0 Å². The van der Waals surface area contributed by atoms with Crippen LogP contribution in [0.25, 0.3) is 0 Å². The summed E-state index contributed by atoms with van der Waals surface area (Å²) in [6.45, 7) is 6.36. The Labute approximate surface area is 118 Å². The first-order chi connectivity index (χ1) is 8.45. The van der Waals surface area contributed by atoms with Crippen molar-refractivity contribution in [1.82, 2.24) is 0 Å². The second kappa shape index (κ2) is 5.30. The Kier molecular flexibility index (Phi) is 4.54. The van der Waals surface area contributed by atoms with E-state index in [1.807, 2.05) is 0 Å². The largest absolute Gasteiger partial charge is 0.283 e. The highest BCUT2D eigenvalue weighted by molar-refractivity contribution is 8.13. The predicted octanol–water partition coefficient (Wildman–Crippen LogP) is 2.38. The molecule has 0 bridgehead atoms. The fourth-order valence-corrected chi connectivity index (χ4v) is 3.23. The van der Waals surface area contributed by atoms with Gasteiger partial charge in [0.05, 0.1) is 15.8 Å². The zero-order chi connectivity index (χ0) is 15.0. The Balaban J connectivity index is 3.35. The summed E-state index contributed by atoms with van der Waals surface area (Å²) in [5, 5.41) is -0.581. The molecule has 0 aliphatic heterocycles. The number of aryl methyl sites for hydroxylation is 2. The number of hydrogen-bond acceptors (Lipinski definition) is 4. The molecule has 0 aromatic heterocycles. The first-order valence-electron chi connectivity index (χ1n) is 5.52. The molecule has 0 radical (unpaired) electrons. The van der Waals surface area contributed by atoms with Crippen molar-refractivity contribution in [2.24, 2.45) is 0 Å². The molecule has 0 amide bonds. The van der Waals surface area contributed by atoms with Gasteiger partial charge in [-0.05, 0) is 51.0 Å². The monoisotopic (exact) mass is 325 g/mol. The third-order valence-electron chi connectivity index (χ3n) is 2.65. The average molecular weight is 326 g/mol. The van der Waals surface area contributed by atoms with E-state index in [-0.39, 0.29) is 4.90 Å². The van der Waals surface area contributed by atoms with Crippen LogP contribution in [0.2, 0.25) is 0 Å². The number of rotatable bonds is 4. The summed E-state index contributed by atoms with van der Waals surface area (Å²) in [4.78, 5) is -0.0448. The third kappa shape index (κ3) is 3.84. The fraction of sp³-hybridized carbons (Fsp3) is 0.455. The standard InChI is InChI=1S/C11H16ClNO4S2/c1-7(2)19(16,17)13-11-8(3)5-10(6-9(11)4)18(12,14)15/h5-7,13H,1-4H3. The van der Waals surface area contributed by atoms with Crippen molar-refractivity contribution < 1.29 is 16.8 Å². The molecule has 0 unspecified atom stereocenters. The highest BCUT2D eigenvalue weighted by Gasteiger charge is 2.20. The first-order valence-corrected chi connectivity index (χ1v) is 9.38. The van der Waals surface area contributed by atoms with Crippen LogP contribution in [0, 0.1) is 13.8 Å². The minimum Gasteiger partial charge on any atom is -0.283 e. The Morgan fingerprint density at radius 2 is 1.47 bits per heavy atom. The molecule has 19 heavy (non-hydrogen) atoms. The van der Waals surface area contributed by atoms with Crippen LogP contribution in [-0.4, -0.2) is 22.1 Å². The SMILES string of the molecule is Cc1cc(S(=O)(=O)Cl)cc(C)c1NS(=O)(=O)C(C)C. The molecule has 0 heterocycles. The maximum absolute atomic E-state index is 11.8. The van der Waals surface area contributed by atoms with Crippen molar-refractivity contribution in [2.75, 3.05) is 4.72 Å². The van der Waals surface area contributed by atoms with E-state index < -0.39 is 24.3 Å². The van der Waals surface area contributed by atoms with Gasteiger partial charge in [-0.3, -0.25) is 4.72 Å². The lowest BCUT2D eigenvalue weighted by Crippen LogP contribution is -2.23. The summed E-state index contributed by atoms with van der Waals surface area (Å²) >= 11 is 0. The summed E-state index contributed by atoms with van der Waals surface area (Å²) < 4.78 is 48.7. The van der Waals surface area contributed by atoms with Crippen LogP contribution in [0.3, 0.4) is 0 Å². The van der Waals surface area contributed by atoms with Crippen LogP contribution in [0.5, 0.6) is 0 Å². The minimum atomic E-state index is -3.83. The van der Waals surface area contributed by atoms with E-state index in [0.717, 1.165) is 0 Å². The summed E-state index contributed by atoms with van der Waals surface area (Å²) in [6, 6.07) is 2.68. The molecule has 0 atom stereocenters. The smallest absolute Gasteiger partial charge is 0.261 e. The highest BCUT2D eigenvalue weighted by Crippen LogP contribution is 2.27. The van der Waals surface area contributed by atoms with Gasteiger partial charge in [-0.25, -0.2) is 16.8 Å². The minimum absolute atomic E-state index is 0.0448. The molecule has 0 saturated heterocycles. The maximum Gasteiger partial charge on any atom is 0.261 e. The van der Waals surface area contributed by atoms with Crippen molar-refractivity contribution in [1.29, 1.82) is 0 Å². The van der Waals surface area contributed by atoms with Crippen LogP contribution in [-0.2, 0) is 19.1 Å². The first kappa shape index (κ1) is 16.3. The second-order valence-corrected chi connectivity index (χ2v) is 9.37. The summed E-state index contributed by atoms with van der Waals surface area (Å²) in [7, 11) is -2.03. The lowest BCUT2D eigenvalue weighted by atomic mass is 10.1. The van der Waals surface area contributed by atoms with E-state index in [1.165, 1.54) is 12.1 Å². The van der Waals surface area contributed by atoms with Crippen LogP contribution in [0.4, 0.5) is 5.69 Å². The van der Waals surface area contributed by atoms with Gasteiger partial charge in [-0.15, -0.1) is 0 Å². The van der Waals surface area contributed by atoms with E-state index in [0.29, 0.717) is 16.8 Å². The average Bonchev–Trinajstić information content (AvgIpc) is 2.21. The molecule has 1 N–H and O–H groups in total. The molecule has 8 heteroatoms. The van der Waals surface area contributed by atoms with E-state index in [1.54, 1.807) is 27.7 Å². The molecule has 5 nitrogen and oxygen atoms in total. The molecule has 0 saturated carbocycles. The van der Waals surface area contributed by atoms with Crippen LogP contribution in [0.15, 0.2) is 17.0 Å². The maximum atomic E-state index is 11.8. The van der Waals surface area contributed by atoms with Gasteiger partial charge in [0.1, 0.15) is 0 Å². The van der Waals surface area contributed by atoms with Gasteiger partial charge in [0.2, 0.25) is 10.0 Å². The molecule has 0 spiro atoms. The Morgan fingerprint density at radius 1 is 1.05 bits per heavy atom. The normalized spacial score (nSPS) is 12.7. The van der Waals surface area contributed by atoms with Crippen LogP contribution in [0.1, 0.15) is 25.0 Å². The molecule has 0 aliphatic rings. The molecule has 1 aromatic carbocycles. The molecular formula is C11H16ClNO4S2. The number of anilines is 1. The molecule has 108 valence electrons. The van der Waals surface area contributed by atoms with Crippen LogP contribution >= 0.6 is 10.7 Å². The van der Waals surface area contributed by atoms with Crippen LogP contribution < -0.4 is 4.72 Å². The van der Waals surface area contributed by atoms with E-state index >= 15 is 0 Å². The van der Waals surface area contributed by atoms with Gasteiger partial charge >= 0.3 is 0 Å². The molecular weight excluding hydrogens is 310 g/mol. The van der Waals surface area contributed by atoms with Crippen molar-refractivity contribution >= 4 is 35.4 Å². The van der Waals surface area contributed by atoms with Crippen molar-refractivity contribution in [2.45, 2.75) is 37.8 Å². The molecule has 1 rings (SSSR count). The fourth-order valence-electron chi connectivity index (χ4n) is 1.49. The number of hydrogen-bond donors (Lipinski definition) is 1. The van der Waals surface area contributed by atoms with E-state index in [2.05, 4.69) is 4.72 Å². The lowest BCUT2D eigenvalue weighted by molar-refractivity contribution is 0.592. The number of sulfonamides is 1. The van der Waals surface area contributed by atoms with Gasteiger partial charge < -0.3 is 0 Å². The number of halogens is 1. The van der Waals surface area contributed by atoms with Gasteiger partial charge in [0, 0.05) is 10.7 Å². The zero-order valence-corrected chi connectivity index (χ0v) is 13.4. The summed E-state index contributed by atoms with van der Waals surface area (Å²) in [5.74, 6) is 0. The lowest BCUT2D eigenvalue weighted by Gasteiger charge is -2.16. The van der Waals surface area contributed by atoms with Crippen molar-refractivity contribution in [3.05, 3.63) is 23.3 Å².